The molecule has 0 aliphatic rings. The van der Waals surface area contributed by atoms with Gasteiger partial charge in [0.25, 0.3) is 0 Å². The average molecular weight is 944 g/mol. The van der Waals surface area contributed by atoms with Crippen LogP contribution in [0.3, 0.4) is 0 Å². The molecular formula is C61H114O6. The van der Waals surface area contributed by atoms with Gasteiger partial charge in [-0.3, -0.25) is 14.4 Å². The second kappa shape index (κ2) is 56.5. The van der Waals surface area contributed by atoms with Crippen molar-refractivity contribution in [1.82, 2.24) is 0 Å². The minimum absolute atomic E-state index is 0.0710. The Morgan fingerprint density at radius 3 is 0.761 bits per heavy atom. The van der Waals surface area contributed by atoms with Crippen molar-refractivity contribution in [2.75, 3.05) is 13.2 Å². The van der Waals surface area contributed by atoms with Crippen LogP contribution in [0.4, 0.5) is 0 Å². The first-order valence-corrected chi connectivity index (χ1v) is 29.8. The van der Waals surface area contributed by atoms with E-state index < -0.39 is 6.10 Å². The number of ether oxygens (including phenoxy) is 3. The van der Waals surface area contributed by atoms with Gasteiger partial charge in [-0.25, -0.2) is 0 Å². The maximum Gasteiger partial charge on any atom is 0.306 e. The van der Waals surface area contributed by atoms with E-state index in [-0.39, 0.29) is 31.1 Å². The third-order valence-corrected chi connectivity index (χ3v) is 13.4. The lowest BCUT2D eigenvalue weighted by Gasteiger charge is -2.18. The van der Waals surface area contributed by atoms with Gasteiger partial charge in [0.2, 0.25) is 0 Å². The van der Waals surface area contributed by atoms with Crippen LogP contribution >= 0.6 is 0 Å². The van der Waals surface area contributed by atoms with Gasteiger partial charge < -0.3 is 14.2 Å². The second-order valence-corrected chi connectivity index (χ2v) is 20.3. The number of carbonyl (C=O) groups excluding carboxylic acids is 3. The highest BCUT2D eigenvalue weighted by Crippen LogP contribution is 2.17. The van der Waals surface area contributed by atoms with Crippen molar-refractivity contribution in [3.05, 3.63) is 24.3 Å². The summed E-state index contributed by atoms with van der Waals surface area (Å²) in [4.78, 5) is 38.2. The summed E-state index contributed by atoms with van der Waals surface area (Å²) in [5, 5.41) is 0. The molecule has 0 aliphatic carbocycles. The van der Waals surface area contributed by atoms with E-state index >= 15 is 0 Å². The van der Waals surface area contributed by atoms with E-state index in [1.807, 2.05) is 0 Å². The molecule has 6 heteroatoms. The molecule has 0 aliphatic heterocycles. The first-order chi connectivity index (χ1) is 33.0. The van der Waals surface area contributed by atoms with Crippen LogP contribution in [0.25, 0.3) is 0 Å². The molecule has 0 spiro atoms. The third kappa shape index (κ3) is 54.7. The highest BCUT2D eigenvalue weighted by molar-refractivity contribution is 5.71. The number of hydrogen-bond acceptors (Lipinski definition) is 6. The Balaban J connectivity index is 4.31. The monoisotopic (exact) mass is 943 g/mol. The van der Waals surface area contributed by atoms with Crippen molar-refractivity contribution in [2.24, 2.45) is 0 Å². The molecule has 0 fully saturated rings. The molecule has 0 aromatic rings. The quantitative estimate of drug-likeness (QED) is 0.0262. The molecule has 0 aromatic carbocycles. The topological polar surface area (TPSA) is 78.9 Å². The van der Waals surface area contributed by atoms with Crippen molar-refractivity contribution in [1.29, 1.82) is 0 Å². The maximum atomic E-state index is 12.9. The normalized spacial score (nSPS) is 12.1. The first kappa shape index (κ1) is 64.9. The van der Waals surface area contributed by atoms with Crippen molar-refractivity contribution in [2.45, 2.75) is 335 Å². The molecule has 1 unspecified atom stereocenters. The molecule has 67 heavy (non-hydrogen) atoms. The third-order valence-electron chi connectivity index (χ3n) is 13.4. The molecule has 0 saturated heterocycles. The lowest BCUT2D eigenvalue weighted by atomic mass is 10.0. The number of unbranched alkanes of at least 4 members (excludes halogenated alkanes) is 40. The number of carbonyl (C=O) groups is 3. The molecule has 0 N–H and O–H groups in total. The smallest absolute Gasteiger partial charge is 0.306 e. The van der Waals surface area contributed by atoms with Crippen LogP contribution in [0.5, 0.6) is 0 Å². The number of allylic oxidation sites excluding steroid dienone is 4. The van der Waals surface area contributed by atoms with Crippen LogP contribution in [0, 0.1) is 0 Å². The number of rotatable bonds is 55. The summed E-state index contributed by atoms with van der Waals surface area (Å²) in [5.74, 6) is -0.863. The van der Waals surface area contributed by atoms with Crippen LogP contribution in [0.1, 0.15) is 329 Å². The molecule has 6 nitrogen and oxygen atoms in total. The van der Waals surface area contributed by atoms with Crippen molar-refractivity contribution < 1.29 is 28.6 Å². The zero-order valence-electron chi connectivity index (χ0n) is 45.2. The summed E-state index contributed by atoms with van der Waals surface area (Å²) in [7, 11) is 0. The molecule has 0 rings (SSSR count). The Morgan fingerprint density at radius 2 is 0.493 bits per heavy atom. The summed E-state index contributed by atoms with van der Waals surface area (Å²) in [5.41, 5.74) is 0. The van der Waals surface area contributed by atoms with Crippen LogP contribution < -0.4 is 0 Å². The molecule has 0 radical (unpaired) electrons. The van der Waals surface area contributed by atoms with Gasteiger partial charge >= 0.3 is 17.9 Å². The van der Waals surface area contributed by atoms with E-state index in [1.165, 1.54) is 225 Å². The van der Waals surface area contributed by atoms with Gasteiger partial charge in [0, 0.05) is 19.3 Å². The Bertz CT molecular complexity index is 1080. The van der Waals surface area contributed by atoms with E-state index in [4.69, 9.17) is 14.2 Å². The molecule has 0 aromatic heterocycles. The van der Waals surface area contributed by atoms with Gasteiger partial charge in [-0.1, -0.05) is 263 Å². The highest BCUT2D eigenvalue weighted by Gasteiger charge is 2.19. The van der Waals surface area contributed by atoms with E-state index in [2.05, 4.69) is 45.1 Å². The minimum Gasteiger partial charge on any atom is -0.462 e. The predicted molar refractivity (Wildman–Crippen MR) is 289 cm³/mol. The average Bonchev–Trinajstić information content (AvgIpc) is 3.33. The van der Waals surface area contributed by atoms with Gasteiger partial charge in [-0.15, -0.1) is 0 Å². The fourth-order valence-corrected chi connectivity index (χ4v) is 8.91. The second-order valence-electron chi connectivity index (χ2n) is 20.3. The van der Waals surface area contributed by atoms with Gasteiger partial charge in [-0.05, 0) is 70.6 Å². The fraction of sp³-hybridized carbons (Fsp3) is 0.885. The number of esters is 3. The molecule has 0 amide bonds. The van der Waals surface area contributed by atoms with Crippen molar-refractivity contribution in [3.8, 4) is 0 Å². The Morgan fingerprint density at radius 1 is 0.284 bits per heavy atom. The SMILES string of the molecule is CCCCCC/C=C\CCCCCCCC(=O)OCC(COC(=O)CCCCCCCCCCCCCCCCCCCCC)OC(=O)CCCCCCCCC/C=C\CCCCCCCC. The van der Waals surface area contributed by atoms with E-state index in [0.29, 0.717) is 19.3 Å². The molecule has 1 atom stereocenters. The van der Waals surface area contributed by atoms with Gasteiger partial charge in [0.15, 0.2) is 6.10 Å². The largest absolute Gasteiger partial charge is 0.462 e. The van der Waals surface area contributed by atoms with Crippen molar-refractivity contribution >= 4 is 17.9 Å². The Labute approximate surface area is 417 Å². The van der Waals surface area contributed by atoms with E-state index in [0.717, 1.165) is 64.2 Å². The first-order valence-electron chi connectivity index (χ1n) is 29.8. The van der Waals surface area contributed by atoms with E-state index in [9.17, 15) is 14.4 Å². The van der Waals surface area contributed by atoms with Gasteiger partial charge in [0.1, 0.15) is 13.2 Å². The molecule has 0 saturated carbocycles. The minimum atomic E-state index is -0.773. The Hall–Kier alpha value is -2.11. The number of hydrogen-bond donors (Lipinski definition) is 0. The van der Waals surface area contributed by atoms with Crippen LogP contribution in [0.15, 0.2) is 24.3 Å². The molecule has 394 valence electrons. The summed E-state index contributed by atoms with van der Waals surface area (Å²) < 4.78 is 16.9. The zero-order valence-corrected chi connectivity index (χ0v) is 45.2. The van der Waals surface area contributed by atoms with Crippen LogP contribution in [-0.2, 0) is 28.6 Å². The summed E-state index contributed by atoms with van der Waals surface area (Å²) >= 11 is 0. The van der Waals surface area contributed by atoms with Crippen molar-refractivity contribution in [3.63, 3.8) is 0 Å². The molecular weight excluding hydrogens is 829 g/mol. The summed E-state index contributed by atoms with van der Waals surface area (Å²) in [6.45, 7) is 6.66. The van der Waals surface area contributed by atoms with Gasteiger partial charge in [-0.2, -0.15) is 0 Å². The molecule has 0 bridgehead atoms. The standard InChI is InChI=1S/C61H114O6/c1-4-7-10-13-16-19-22-25-27-29-30-32-33-36-39-42-45-48-51-54-60(63)66-57-58(56-65-59(62)53-50-47-44-41-38-35-24-21-18-15-12-9-6-3)67-61(64)55-52-49-46-43-40-37-34-31-28-26-23-20-17-14-11-8-5-2/h21,24,26,28,58H,4-20,22-23,25,27,29-57H2,1-3H3/b24-21-,28-26-. The maximum absolute atomic E-state index is 12.9. The zero-order chi connectivity index (χ0) is 48.6. The predicted octanol–water partition coefficient (Wildman–Crippen LogP) is 19.9. The van der Waals surface area contributed by atoms with Crippen LogP contribution in [-0.4, -0.2) is 37.2 Å². The van der Waals surface area contributed by atoms with Gasteiger partial charge in [0.05, 0.1) is 0 Å². The lowest BCUT2D eigenvalue weighted by Crippen LogP contribution is -2.30. The summed E-state index contributed by atoms with van der Waals surface area (Å²) in [6.07, 6.45) is 66.0. The lowest BCUT2D eigenvalue weighted by molar-refractivity contribution is -0.167. The van der Waals surface area contributed by atoms with Crippen LogP contribution in [0.2, 0.25) is 0 Å². The summed E-state index contributed by atoms with van der Waals surface area (Å²) in [6, 6.07) is 0. The highest BCUT2D eigenvalue weighted by atomic mass is 16.6. The molecule has 0 heterocycles. The Kier molecular flexibility index (Phi) is 54.7. The fourth-order valence-electron chi connectivity index (χ4n) is 8.91. The van der Waals surface area contributed by atoms with E-state index in [1.54, 1.807) is 0 Å².